The van der Waals surface area contributed by atoms with Gasteiger partial charge in [0.05, 0.1) is 12.7 Å². The Labute approximate surface area is 176 Å². The second kappa shape index (κ2) is 11.3. The minimum Gasteiger partial charge on any atom is -0.512 e. The van der Waals surface area contributed by atoms with Crippen LogP contribution in [0.25, 0.3) is 5.57 Å². The number of carbonyl (C=O) groups excluding carboxylic acids is 1. The van der Waals surface area contributed by atoms with Crippen LogP contribution in [-0.4, -0.2) is 23.3 Å². The highest BCUT2D eigenvalue weighted by Gasteiger charge is 2.11. The molecule has 0 saturated carbocycles. The molecule has 0 aliphatic rings. The molecule has 0 aliphatic heterocycles. The first kappa shape index (κ1) is 22.5. The Bertz CT molecular complexity index is 899. The molecule has 2 aromatic rings. The molecule has 1 heterocycles. The number of furan rings is 1. The van der Waals surface area contributed by atoms with Gasteiger partial charge in [-0.1, -0.05) is 37.1 Å². The van der Waals surface area contributed by atoms with E-state index in [2.05, 4.69) is 18.3 Å². The number of nitrogens with one attached hydrogen (secondary N) is 2. The van der Waals surface area contributed by atoms with Crippen molar-refractivity contribution in [1.82, 2.24) is 5.32 Å². The number of hydrogen-bond acceptors (Lipinski definition) is 4. The molecule has 0 spiro atoms. The number of hydrogen-bond donors (Lipinski definition) is 3. The number of halogens is 1. The second-order valence-electron chi connectivity index (χ2n) is 6.79. The van der Waals surface area contributed by atoms with Crippen molar-refractivity contribution < 1.29 is 14.3 Å². The molecule has 3 N–H and O–H groups in total. The van der Waals surface area contributed by atoms with Crippen LogP contribution in [0.2, 0.25) is 5.02 Å². The highest BCUT2D eigenvalue weighted by Crippen LogP contribution is 2.26. The van der Waals surface area contributed by atoms with E-state index in [-0.39, 0.29) is 17.9 Å². The van der Waals surface area contributed by atoms with Crippen molar-refractivity contribution in [2.24, 2.45) is 0 Å². The van der Waals surface area contributed by atoms with E-state index in [1.54, 1.807) is 12.1 Å². The molecule has 29 heavy (non-hydrogen) atoms. The summed E-state index contributed by atoms with van der Waals surface area (Å²) in [5, 5.41) is 21.2. The smallest absolute Gasteiger partial charge is 0.269 e. The zero-order valence-electron chi connectivity index (χ0n) is 16.8. The molecule has 5 nitrogen and oxygen atoms in total. The van der Waals surface area contributed by atoms with Crippen molar-refractivity contribution in [3.05, 3.63) is 76.4 Å². The number of aliphatic hydroxyl groups is 1. The minimum absolute atomic E-state index is 0.0989. The van der Waals surface area contributed by atoms with Gasteiger partial charge in [0.25, 0.3) is 5.91 Å². The zero-order valence-corrected chi connectivity index (χ0v) is 17.6. The Morgan fingerprint density at radius 3 is 2.83 bits per heavy atom. The van der Waals surface area contributed by atoms with E-state index in [0.717, 1.165) is 35.6 Å². The molecule has 0 bridgehead atoms. The maximum Gasteiger partial charge on any atom is 0.269 e. The number of amides is 1. The number of unbranched alkanes of at least 4 members (excludes halogenated alkanes) is 1. The van der Waals surface area contributed by atoms with E-state index in [9.17, 15) is 9.90 Å². The van der Waals surface area contributed by atoms with E-state index in [0.29, 0.717) is 23.7 Å². The third-order valence-corrected chi connectivity index (χ3v) is 4.63. The van der Waals surface area contributed by atoms with E-state index < -0.39 is 5.91 Å². The molecular weight excluding hydrogens is 388 g/mol. The average molecular weight is 415 g/mol. The molecule has 0 aliphatic carbocycles. The van der Waals surface area contributed by atoms with Crippen molar-refractivity contribution in [2.45, 2.75) is 39.5 Å². The molecule has 1 amide bonds. The highest BCUT2D eigenvalue weighted by atomic mass is 35.5. The minimum atomic E-state index is -0.534. The van der Waals surface area contributed by atoms with Crippen LogP contribution in [0.1, 0.15) is 43.1 Å². The monoisotopic (exact) mass is 414 g/mol. The van der Waals surface area contributed by atoms with Crippen LogP contribution in [0.5, 0.6) is 0 Å². The number of aliphatic hydroxyl groups excluding tert-OH is 1. The highest BCUT2D eigenvalue weighted by molar-refractivity contribution is 6.42. The van der Waals surface area contributed by atoms with Gasteiger partial charge in [-0.3, -0.25) is 10.2 Å². The quantitative estimate of drug-likeness (QED) is 0.347. The van der Waals surface area contributed by atoms with Crippen molar-refractivity contribution >= 4 is 28.8 Å². The van der Waals surface area contributed by atoms with Crippen LogP contribution in [0.15, 0.2) is 58.9 Å². The Balaban J connectivity index is 1.95. The maximum atomic E-state index is 12.2. The lowest BCUT2D eigenvalue weighted by atomic mass is 9.96. The molecule has 0 radical (unpaired) electrons. The Hall–Kier alpha value is -2.79. The SMILES string of the molecule is CCC/C=C(/CCNC(=O)C(=N)/C=C(\O)Cc1ccco1)c1cc(Cl)ccc1C. The summed E-state index contributed by atoms with van der Waals surface area (Å²) in [6, 6.07) is 9.22. The zero-order chi connectivity index (χ0) is 21.2. The third kappa shape index (κ3) is 7.27. The topological polar surface area (TPSA) is 86.3 Å². The molecule has 1 aromatic heterocycles. The molecular formula is C23H27ClN2O3. The van der Waals surface area contributed by atoms with Crippen LogP contribution in [0.3, 0.4) is 0 Å². The van der Waals surface area contributed by atoms with Crippen LogP contribution in [0, 0.1) is 12.3 Å². The molecule has 6 heteroatoms. The number of benzene rings is 1. The number of carbonyl (C=O) groups is 1. The van der Waals surface area contributed by atoms with Gasteiger partial charge in [-0.25, -0.2) is 0 Å². The summed E-state index contributed by atoms with van der Waals surface area (Å²) < 4.78 is 5.14. The van der Waals surface area contributed by atoms with Gasteiger partial charge in [0.15, 0.2) is 0 Å². The van der Waals surface area contributed by atoms with Gasteiger partial charge in [0.1, 0.15) is 17.2 Å². The van der Waals surface area contributed by atoms with E-state index in [4.69, 9.17) is 21.4 Å². The summed E-state index contributed by atoms with van der Waals surface area (Å²) in [7, 11) is 0. The first-order valence-electron chi connectivity index (χ1n) is 9.65. The predicted octanol–water partition coefficient (Wildman–Crippen LogP) is 5.64. The molecule has 154 valence electrons. The summed E-state index contributed by atoms with van der Waals surface area (Å²) >= 11 is 6.16. The van der Waals surface area contributed by atoms with E-state index >= 15 is 0 Å². The van der Waals surface area contributed by atoms with Gasteiger partial charge < -0.3 is 14.8 Å². The van der Waals surface area contributed by atoms with Gasteiger partial charge in [-0.15, -0.1) is 0 Å². The van der Waals surface area contributed by atoms with Gasteiger partial charge >= 0.3 is 0 Å². The number of allylic oxidation sites excluding steroid dienone is 2. The summed E-state index contributed by atoms with van der Waals surface area (Å²) in [4.78, 5) is 12.2. The van der Waals surface area contributed by atoms with Crippen LogP contribution in [0.4, 0.5) is 0 Å². The lowest BCUT2D eigenvalue weighted by molar-refractivity contribution is -0.114. The molecule has 0 saturated heterocycles. The summed E-state index contributed by atoms with van der Waals surface area (Å²) in [6.45, 7) is 4.53. The van der Waals surface area contributed by atoms with Crippen LogP contribution >= 0.6 is 11.6 Å². The fraction of sp³-hybridized carbons (Fsp3) is 0.304. The van der Waals surface area contributed by atoms with Crippen molar-refractivity contribution in [1.29, 1.82) is 5.41 Å². The maximum absolute atomic E-state index is 12.2. The molecule has 0 atom stereocenters. The van der Waals surface area contributed by atoms with Gasteiger partial charge in [-0.05, 0) is 60.7 Å². The number of rotatable bonds is 10. The summed E-state index contributed by atoms with van der Waals surface area (Å²) in [5.74, 6) is -0.0682. The van der Waals surface area contributed by atoms with Gasteiger partial charge in [0.2, 0.25) is 0 Å². The first-order valence-corrected chi connectivity index (χ1v) is 10.0. The van der Waals surface area contributed by atoms with Crippen molar-refractivity contribution in [2.75, 3.05) is 6.54 Å². The third-order valence-electron chi connectivity index (χ3n) is 4.40. The second-order valence-corrected chi connectivity index (χ2v) is 7.23. The van der Waals surface area contributed by atoms with Crippen LogP contribution in [-0.2, 0) is 11.2 Å². The van der Waals surface area contributed by atoms with E-state index in [1.165, 1.54) is 6.26 Å². The van der Waals surface area contributed by atoms with E-state index in [1.807, 2.05) is 25.1 Å². The fourth-order valence-corrected chi connectivity index (χ4v) is 3.06. The average Bonchev–Trinajstić information content (AvgIpc) is 3.19. The Kier molecular flexibility index (Phi) is 8.74. The predicted molar refractivity (Wildman–Crippen MR) is 118 cm³/mol. The first-order chi connectivity index (χ1) is 13.9. The summed E-state index contributed by atoms with van der Waals surface area (Å²) in [6.07, 6.45) is 7.56. The van der Waals surface area contributed by atoms with Crippen molar-refractivity contribution in [3.63, 3.8) is 0 Å². The Morgan fingerprint density at radius 2 is 2.14 bits per heavy atom. The molecule has 2 rings (SSSR count). The van der Waals surface area contributed by atoms with Gasteiger partial charge in [0, 0.05) is 17.6 Å². The molecule has 0 unspecified atom stereocenters. The number of aryl methyl sites for hydroxylation is 1. The largest absolute Gasteiger partial charge is 0.512 e. The van der Waals surface area contributed by atoms with Crippen LogP contribution < -0.4 is 5.32 Å². The fourth-order valence-electron chi connectivity index (χ4n) is 2.89. The normalized spacial score (nSPS) is 12.1. The van der Waals surface area contributed by atoms with Crippen molar-refractivity contribution in [3.8, 4) is 0 Å². The summed E-state index contributed by atoms with van der Waals surface area (Å²) in [5.41, 5.74) is 3.02. The molecule has 1 aromatic carbocycles. The Morgan fingerprint density at radius 1 is 1.34 bits per heavy atom. The molecule has 0 fully saturated rings. The lowest BCUT2D eigenvalue weighted by Crippen LogP contribution is -2.30. The lowest BCUT2D eigenvalue weighted by Gasteiger charge is -2.13. The van der Waals surface area contributed by atoms with Gasteiger partial charge in [-0.2, -0.15) is 0 Å². The standard InChI is InChI=1S/C23H27ClN2O3/c1-3-4-6-17(21-13-18(24)9-8-16(21)2)10-11-26-23(28)22(25)15-19(27)14-20-7-5-12-29-20/h5-9,12-13,15,25,27H,3-4,10-11,14H2,1-2H3,(H,26,28)/b17-6-,19-15-,25-22?.